The molecule has 1 amide bonds. The number of anilines is 1. The standard InChI is InChI=1S/C11H7N5O4S/c17-8(13-7-3-6(10(19)20)14-15-7)5-4-12-11-16(9(5)18)1-2-21-11/h1-4H,(H,19,20)(H2,13,14,15,17). The number of H-pyrrole nitrogens is 1. The van der Waals surface area contributed by atoms with E-state index in [0.29, 0.717) is 4.96 Å². The lowest BCUT2D eigenvalue weighted by Gasteiger charge is -2.01. The number of aromatic nitrogens is 4. The van der Waals surface area contributed by atoms with Crippen molar-refractivity contribution in [1.82, 2.24) is 19.6 Å². The van der Waals surface area contributed by atoms with Crippen LogP contribution in [0.2, 0.25) is 0 Å². The Morgan fingerprint density at radius 1 is 1.43 bits per heavy atom. The largest absolute Gasteiger partial charge is 0.477 e. The smallest absolute Gasteiger partial charge is 0.353 e. The molecule has 0 radical (unpaired) electrons. The lowest BCUT2D eigenvalue weighted by Crippen LogP contribution is -2.25. The van der Waals surface area contributed by atoms with Gasteiger partial charge in [-0.15, -0.1) is 11.3 Å². The van der Waals surface area contributed by atoms with Crippen LogP contribution >= 0.6 is 11.3 Å². The summed E-state index contributed by atoms with van der Waals surface area (Å²) < 4.78 is 1.26. The molecule has 3 N–H and O–H groups in total. The van der Waals surface area contributed by atoms with Crippen molar-refractivity contribution in [3.63, 3.8) is 0 Å². The number of nitrogens with zero attached hydrogens (tertiary/aromatic N) is 3. The molecule has 0 aromatic carbocycles. The number of carbonyl (C=O) groups is 2. The maximum atomic E-state index is 12.1. The summed E-state index contributed by atoms with van der Waals surface area (Å²) in [5, 5.41) is 18.6. The van der Waals surface area contributed by atoms with Crippen LogP contribution in [-0.2, 0) is 0 Å². The molecular weight excluding hydrogens is 298 g/mol. The van der Waals surface area contributed by atoms with E-state index in [4.69, 9.17) is 5.11 Å². The average molecular weight is 305 g/mol. The summed E-state index contributed by atoms with van der Waals surface area (Å²) in [6.07, 6.45) is 2.69. The van der Waals surface area contributed by atoms with Crippen molar-refractivity contribution in [3.8, 4) is 0 Å². The third kappa shape index (κ3) is 2.27. The monoisotopic (exact) mass is 305 g/mol. The van der Waals surface area contributed by atoms with E-state index in [1.165, 1.54) is 28.1 Å². The topological polar surface area (TPSA) is 129 Å². The SMILES string of the molecule is O=C(O)c1cc(NC(=O)c2cnc3sccn3c2=O)n[nH]1. The van der Waals surface area contributed by atoms with Crippen molar-refractivity contribution < 1.29 is 14.7 Å². The molecule has 0 atom stereocenters. The number of carboxylic acids is 1. The zero-order valence-electron chi connectivity index (χ0n) is 10.2. The number of nitrogens with one attached hydrogen (secondary N) is 2. The number of carboxylic acid groups (broad SMARTS) is 1. The Kier molecular flexibility index (Phi) is 2.99. The van der Waals surface area contributed by atoms with Crippen LogP contribution < -0.4 is 10.9 Å². The first-order valence-electron chi connectivity index (χ1n) is 5.61. The number of fused-ring (bicyclic) bond motifs is 1. The third-order valence-corrected chi connectivity index (χ3v) is 3.41. The van der Waals surface area contributed by atoms with E-state index in [2.05, 4.69) is 20.5 Å². The Labute approximate surface area is 119 Å². The summed E-state index contributed by atoms with van der Waals surface area (Å²) >= 11 is 1.27. The Morgan fingerprint density at radius 2 is 2.24 bits per heavy atom. The van der Waals surface area contributed by atoms with Crippen LogP contribution in [0.3, 0.4) is 0 Å². The lowest BCUT2D eigenvalue weighted by atomic mass is 10.3. The third-order valence-electron chi connectivity index (χ3n) is 2.64. The molecule has 0 aliphatic heterocycles. The van der Waals surface area contributed by atoms with Gasteiger partial charge in [0.15, 0.2) is 10.8 Å². The molecule has 0 saturated heterocycles. The first kappa shape index (κ1) is 13.0. The highest BCUT2D eigenvalue weighted by molar-refractivity contribution is 7.15. The second-order valence-corrected chi connectivity index (χ2v) is 4.83. The van der Waals surface area contributed by atoms with Crippen LogP contribution in [0.15, 0.2) is 28.6 Å². The van der Waals surface area contributed by atoms with Crippen LogP contribution in [-0.4, -0.2) is 36.6 Å². The van der Waals surface area contributed by atoms with E-state index in [9.17, 15) is 14.4 Å². The molecule has 0 bridgehead atoms. The van der Waals surface area contributed by atoms with Gasteiger partial charge in [0.25, 0.3) is 11.5 Å². The van der Waals surface area contributed by atoms with Crippen molar-refractivity contribution in [3.05, 3.63) is 45.5 Å². The Balaban J connectivity index is 1.91. The fourth-order valence-electron chi connectivity index (χ4n) is 1.66. The number of amides is 1. The molecule has 3 aromatic heterocycles. The number of carbonyl (C=O) groups excluding carboxylic acids is 1. The maximum absolute atomic E-state index is 12.1. The average Bonchev–Trinajstić information content (AvgIpc) is 3.07. The van der Waals surface area contributed by atoms with Crippen molar-refractivity contribution in [2.75, 3.05) is 5.32 Å². The molecule has 3 aromatic rings. The summed E-state index contributed by atoms with van der Waals surface area (Å²) in [4.78, 5) is 39.3. The van der Waals surface area contributed by atoms with Crippen LogP contribution in [0.1, 0.15) is 20.8 Å². The quantitative estimate of drug-likeness (QED) is 0.643. The minimum absolute atomic E-state index is 0.00668. The molecule has 0 spiro atoms. The Hall–Kier alpha value is -3.01. The number of hydrogen-bond donors (Lipinski definition) is 3. The highest BCUT2D eigenvalue weighted by atomic mass is 32.1. The minimum Gasteiger partial charge on any atom is -0.477 e. The van der Waals surface area contributed by atoms with Crippen LogP contribution in [0, 0.1) is 0 Å². The molecule has 106 valence electrons. The Bertz CT molecular complexity index is 909. The molecule has 0 unspecified atom stereocenters. The number of thiazole rings is 1. The predicted molar refractivity (Wildman–Crippen MR) is 72.8 cm³/mol. The lowest BCUT2D eigenvalue weighted by molar-refractivity contribution is 0.0690. The molecule has 0 saturated carbocycles. The van der Waals surface area contributed by atoms with Gasteiger partial charge in [0.1, 0.15) is 11.3 Å². The van der Waals surface area contributed by atoms with Gasteiger partial charge in [-0.3, -0.25) is 19.1 Å². The number of rotatable bonds is 3. The van der Waals surface area contributed by atoms with Crippen LogP contribution in [0.25, 0.3) is 4.96 Å². The summed E-state index contributed by atoms with van der Waals surface area (Å²) in [5.41, 5.74) is -0.841. The van der Waals surface area contributed by atoms with Crippen molar-refractivity contribution >= 4 is 34.0 Å². The minimum atomic E-state index is -1.20. The van der Waals surface area contributed by atoms with Crippen molar-refractivity contribution in [2.45, 2.75) is 0 Å². The number of hydrogen-bond acceptors (Lipinski definition) is 6. The van der Waals surface area contributed by atoms with E-state index in [1.807, 2.05) is 0 Å². The first-order chi connectivity index (χ1) is 10.1. The van der Waals surface area contributed by atoms with E-state index in [-0.39, 0.29) is 17.1 Å². The number of aromatic amines is 1. The molecule has 3 heterocycles. The van der Waals surface area contributed by atoms with Gasteiger partial charge >= 0.3 is 5.97 Å². The van der Waals surface area contributed by atoms with Crippen molar-refractivity contribution in [2.24, 2.45) is 0 Å². The van der Waals surface area contributed by atoms with Crippen LogP contribution in [0.4, 0.5) is 5.82 Å². The van der Waals surface area contributed by atoms with Crippen molar-refractivity contribution in [1.29, 1.82) is 0 Å². The fourth-order valence-corrected chi connectivity index (χ4v) is 2.33. The summed E-state index contributed by atoms with van der Waals surface area (Å²) in [6, 6.07) is 1.15. The van der Waals surface area contributed by atoms with E-state index >= 15 is 0 Å². The highest BCUT2D eigenvalue weighted by Crippen LogP contribution is 2.08. The fraction of sp³-hybridized carbons (Fsp3) is 0. The summed E-state index contributed by atoms with van der Waals surface area (Å²) in [6.45, 7) is 0. The Morgan fingerprint density at radius 3 is 2.95 bits per heavy atom. The van der Waals surface area contributed by atoms with Crippen LogP contribution in [0.5, 0.6) is 0 Å². The van der Waals surface area contributed by atoms with Gasteiger partial charge in [0.05, 0.1) is 0 Å². The van der Waals surface area contributed by atoms with Gasteiger partial charge in [0.2, 0.25) is 0 Å². The number of aromatic carboxylic acids is 1. The molecule has 0 aliphatic carbocycles. The summed E-state index contributed by atoms with van der Waals surface area (Å²) in [5.74, 6) is -1.91. The van der Waals surface area contributed by atoms with E-state index in [0.717, 1.165) is 6.07 Å². The second kappa shape index (κ2) is 4.83. The second-order valence-electron chi connectivity index (χ2n) is 3.96. The van der Waals surface area contributed by atoms with Gasteiger partial charge in [0, 0.05) is 23.8 Å². The highest BCUT2D eigenvalue weighted by Gasteiger charge is 2.16. The molecule has 0 fully saturated rings. The zero-order valence-corrected chi connectivity index (χ0v) is 11.0. The molecule has 0 aliphatic rings. The van der Waals surface area contributed by atoms with Gasteiger partial charge in [-0.2, -0.15) is 5.10 Å². The van der Waals surface area contributed by atoms with Gasteiger partial charge in [-0.1, -0.05) is 0 Å². The van der Waals surface area contributed by atoms with Gasteiger partial charge in [-0.05, 0) is 0 Å². The molecule has 3 rings (SSSR count). The molecule has 10 heteroatoms. The molecule has 21 heavy (non-hydrogen) atoms. The molecule has 9 nitrogen and oxygen atoms in total. The van der Waals surface area contributed by atoms with Gasteiger partial charge < -0.3 is 10.4 Å². The normalized spacial score (nSPS) is 10.7. The summed E-state index contributed by atoms with van der Waals surface area (Å²) in [7, 11) is 0. The van der Waals surface area contributed by atoms with E-state index in [1.54, 1.807) is 5.38 Å². The predicted octanol–water partition coefficient (Wildman–Crippen LogP) is 0.430. The first-order valence-corrected chi connectivity index (χ1v) is 6.49. The van der Waals surface area contributed by atoms with Gasteiger partial charge in [-0.25, -0.2) is 9.78 Å². The maximum Gasteiger partial charge on any atom is 0.353 e. The molecular formula is C11H7N5O4S. The van der Waals surface area contributed by atoms with E-state index < -0.39 is 17.4 Å². The zero-order chi connectivity index (χ0) is 15.0.